The van der Waals surface area contributed by atoms with E-state index in [1.807, 2.05) is 12.1 Å². The van der Waals surface area contributed by atoms with Gasteiger partial charge in [-0.3, -0.25) is 4.79 Å². The van der Waals surface area contributed by atoms with Gasteiger partial charge >= 0.3 is 0 Å². The fourth-order valence-corrected chi connectivity index (χ4v) is 3.29. The van der Waals surface area contributed by atoms with Crippen LogP contribution < -0.4 is 0 Å². The van der Waals surface area contributed by atoms with Crippen LogP contribution in [0.2, 0.25) is 5.22 Å². The number of carbonyl (C=O) groups is 1. The summed E-state index contributed by atoms with van der Waals surface area (Å²) in [5.41, 5.74) is 3.50. The van der Waals surface area contributed by atoms with Crippen LogP contribution in [0.25, 0.3) is 0 Å². The number of nitrogens with zero attached hydrogens (tertiary/aromatic N) is 3. The van der Waals surface area contributed by atoms with Crippen LogP contribution in [0.5, 0.6) is 0 Å². The van der Waals surface area contributed by atoms with E-state index in [0.29, 0.717) is 35.3 Å². The highest BCUT2D eigenvalue weighted by Gasteiger charge is 2.18. The number of rotatable bonds is 7. The summed E-state index contributed by atoms with van der Waals surface area (Å²) >= 11 is 5.99. The highest BCUT2D eigenvalue weighted by atomic mass is 35.5. The van der Waals surface area contributed by atoms with Gasteiger partial charge in [0.05, 0.1) is 17.3 Å². The number of hydrogen-bond donors (Lipinski definition) is 0. The average molecular weight is 412 g/mol. The maximum atomic E-state index is 13.6. The second-order valence-electron chi connectivity index (χ2n) is 6.71. The van der Waals surface area contributed by atoms with E-state index in [-0.39, 0.29) is 29.9 Å². The Kier molecular flexibility index (Phi) is 6.63. The fraction of sp³-hybridized carbons (Fsp3) is 0.227. The van der Waals surface area contributed by atoms with Gasteiger partial charge in [-0.2, -0.15) is 5.26 Å². The van der Waals surface area contributed by atoms with E-state index in [0.717, 1.165) is 5.56 Å². The minimum Gasteiger partial charge on any atom is -0.344 e. The van der Waals surface area contributed by atoms with Crippen molar-refractivity contribution in [3.63, 3.8) is 0 Å². The molecule has 3 aromatic rings. The molecule has 0 saturated heterocycles. The molecular formula is C22H19ClFN3O2. The van der Waals surface area contributed by atoms with Crippen molar-refractivity contribution in [2.45, 2.75) is 32.9 Å². The van der Waals surface area contributed by atoms with E-state index in [1.54, 1.807) is 36.1 Å². The van der Waals surface area contributed by atoms with Crippen LogP contribution in [-0.4, -0.2) is 16.0 Å². The first-order valence-electron chi connectivity index (χ1n) is 9.08. The molecular weight excluding hydrogens is 393 g/mol. The van der Waals surface area contributed by atoms with Crippen LogP contribution in [0.15, 0.2) is 53.1 Å². The number of aryl methyl sites for hydroxylation is 1. The Hall–Kier alpha value is -3.17. The summed E-state index contributed by atoms with van der Waals surface area (Å²) < 4.78 is 18.5. The molecule has 2 aromatic carbocycles. The van der Waals surface area contributed by atoms with Crippen LogP contribution >= 0.6 is 11.6 Å². The zero-order chi connectivity index (χ0) is 20.8. The van der Waals surface area contributed by atoms with Crippen molar-refractivity contribution in [3.8, 4) is 6.07 Å². The van der Waals surface area contributed by atoms with Crippen LogP contribution in [0, 0.1) is 24.1 Å². The maximum Gasteiger partial charge on any atom is 0.229 e. The molecule has 29 heavy (non-hydrogen) atoms. The van der Waals surface area contributed by atoms with Crippen LogP contribution in [-0.2, 0) is 24.3 Å². The lowest BCUT2D eigenvalue weighted by Gasteiger charge is -2.23. The van der Waals surface area contributed by atoms with E-state index in [9.17, 15) is 9.18 Å². The summed E-state index contributed by atoms with van der Waals surface area (Å²) in [6.07, 6.45) is 0.618. The quantitative estimate of drug-likeness (QED) is 0.559. The summed E-state index contributed by atoms with van der Waals surface area (Å²) in [5, 5.41) is 12.9. The van der Waals surface area contributed by atoms with Crippen molar-refractivity contribution in [1.29, 1.82) is 5.26 Å². The van der Waals surface area contributed by atoms with E-state index in [4.69, 9.17) is 21.4 Å². The molecule has 0 radical (unpaired) electrons. The van der Waals surface area contributed by atoms with Crippen LogP contribution in [0.4, 0.5) is 4.39 Å². The molecule has 0 fully saturated rings. The Morgan fingerprint density at radius 2 is 1.93 bits per heavy atom. The number of amides is 1. The fourth-order valence-electron chi connectivity index (χ4n) is 3.02. The minimum absolute atomic E-state index is 0.102. The first kappa shape index (κ1) is 20.6. The second kappa shape index (κ2) is 9.35. The van der Waals surface area contributed by atoms with Gasteiger partial charge in [0, 0.05) is 25.1 Å². The highest BCUT2D eigenvalue weighted by molar-refractivity contribution is 6.29. The Morgan fingerprint density at radius 1 is 1.21 bits per heavy atom. The molecule has 1 amide bonds. The number of halogens is 2. The number of hydrogen-bond acceptors (Lipinski definition) is 4. The number of nitriles is 1. The van der Waals surface area contributed by atoms with E-state index in [2.05, 4.69) is 11.2 Å². The van der Waals surface area contributed by atoms with Gasteiger partial charge in [0.25, 0.3) is 0 Å². The zero-order valence-corrected chi connectivity index (χ0v) is 16.6. The molecule has 0 saturated carbocycles. The van der Waals surface area contributed by atoms with Gasteiger partial charge in [-0.15, -0.1) is 0 Å². The minimum atomic E-state index is -0.347. The van der Waals surface area contributed by atoms with Crippen molar-refractivity contribution in [2.24, 2.45) is 0 Å². The number of carbonyl (C=O) groups excluding carboxylic acids is 1. The van der Waals surface area contributed by atoms with Crippen molar-refractivity contribution in [1.82, 2.24) is 10.1 Å². The summed E-state index contributed by atoms with van der Waals surface area (Å²) in [6.45, 7) is 2.39. The largest absolute Gasteiger partial charge is 0.344 e. The van der Waals surface area contributed by atoms with Gasteiger partial charge in [-0.05, 0) is 60.3 Å². The predicted octanol–water partition coefficient (Wildman–Crippen LogP) is 4.81. The van der Waals surface area contributed by atoms with Crippen molar-refractivity contribution in [2.75, 3.05) is 0 Å². The van der Waals surface area contributed by atoms with Gasteiger partial charge < -0.3 is 9.42 Å². The molecule has 3 rings (SSSR count). The lowest BCUT2D eigenvalue weighted by atomic mass is 10.1. The summed E-state index contributed by atoms with van der Waals surface area (Å²) in [7, 11) is 0. The molecule has 0 N–H and O–H groups in total. The Balaban J connectivity index is 1.76. The van der Waals surface area contributed by atoms with E-state index < -0.39 is 0 Å². The Bertz CT molecular complexity index is 1020. The van der Waals surface area contributed by atoms with Gasteiger partial charge in [-0.1, -0.05) is 29.4 Å². The molecule has 148 valence electrons. The average Bonchev–Trinajstić information content (AvgIpc) is 3.04. The SMILES string of the molecule is Cc1noc(Cl)c1CCC(=O)N(Cc1ccc(C#N)cc1)Cc1cccc(F)c1. The van der Waals surface area contributed by atoms with Crippen LogP contribution in [0.3, 0.4) is 0 Å². The lowest BCUT2D eigenvalue weighted by Crippen LogP contribution is -2.30. The molecule has 0 spiro atoms. The monoisotopic (exact) mass is 411 g/mol. The molecule has 7 heteroatoms. The molecule has 0 aliphatic heterocycles. The van der Waals surface area contributed by atoms with Gasteiger partial charge in [0.2, 0.25) is 11.1 Å². The third-order valence-corrected chi connectivity index (χ3v) is 4.89. The van der Waals surface area contributed by atoms with Crippen molar-refractivity contribution >= 4 is 17.5 Å². The molecule has 0 unspecified atom stereocenters. The van der Waals surface area contributed by atoms with Gasteiger partial charge in [0.15, 0.2) is 0 Å². The summed E-state index contributed by atoms with van der Waals surface area (Å²) in [4.78, 5) is 14.6. The van der Waals surface area contributed by atoms with Gasteiger partial charge in [0.1, 0.15) is 5.82 Å². The first-order chi connectivity index (χ1) is 14.0. The predicted molar refractivity (Wildman–Crippen MR) is 106 cm³/mol. The lowest BCUT2D eigenvalue weighted by molar-refractivity contribution is -0.132. The zero-order valence-electron chi connectivity index (χ0n) is 15.9. The number of aromatic nitrogens is 1. The Labute approximate surface area is 173 Å². The van der Waals surface area contributed by atoms with E-state index in [1.165, 1.54) is 12.1 Å². The highest BCUT2D eigenvalue weighted by Crippen LogP contribution is 2.21. The van der Waals surface area contributed by atoms with Crippen LogP contribution in [0.1, 0.15) is 34.4 Å². The smallest absolute Gasteiger partial charge is 0.229 e. The molecule has 1 heterocycles. The topological polar surface area (TPSA) is 70.1 Å². The molecule has 0 bridgehead atoms. The third kappa shape index (κ3) is 5.43. The normalized spacial score (nSPS) is 10.6. The standard InChI is InChI=1S/C22H19ClFN3O2/c1-15-20(22(23)29-26-15)9-10-21(28)27(14-18-3-2-4-19(24)11-18)13-17-7-5-16(12-25)6-8-17/h2-8,11H,9-10,13-14H2,1H3. The Morgan fingerprint density at radius 3 is 2.55 bits per heavy atom. The molecule has 0 atom stereocenters. The summed E-state index contributed by atoms with van der Waals surface area (Å²) in [6, 6.07) is 15.3. The second-order valence-corrected chi connectivity index (χ2v) is 7.05. The number of benzene rings is 2. The van der Waals surface area contributed by atoms with Crippen molar-refractivity contribution in [3.05, 3.63) is 87.5 Å². The van der Waals surface area contributed by atoms with Gasteiger partial charge in [-0.25, -0.2) is 4.39 Å². The molecule has 1 aromatic heterocycles. The first-order valence-corrected chi connectivity index (χ1v) is 9.46. The molecule has 0 aliphatic rings. The van der Waals surface area contributed by atoms with Crippen molar-refractivity contribution < 1.29 is 13.7 Å². The van der Waals surface area contributed by atoms with E-state index >= 15 is 0 Å². The third-order valence-electron chi connectivity index (χ3n) is 4.60. The molecule has 5 nitrogen and oxygen atoms in total. The maximum absolute atomic E-state index is 13.6. The molecule has 0 aliphatic carbocycles. The summed E-state index contributed by atoms with van der Waals surface area (Å²) in [5.74, 6) is -0.449.